The van der Waals surface area contributed by atoms with Crippen LogP contribution in [-0.2, 0) is 13.0 Å². The van der Waals surface area contributed by atoms with Crippen molar-refractivity contribution in [2.75, 3.05) is 48.6 Å². The van der Waals surface area contributed by atoms with E-state index >= 15 is 0 Å². The van der Waals surface area contributed by atoms with Gasteiger partial charge in [0.25, 0.3) is 0 Å². The minimum atomic E-state index is 0. The highest BCUT2D eigenvalue weighted by Crippen LogP contribution is 2.40. The molecule has 0 aliphatic carbocycles. The van der Waals surface area contributed by atoms with Gasteiger partial charge in [-0.05, 0) is 23.6 Å². The van der Waals surface area contributed by atoms with Crippen LogP contribution in [0.2, 0.25) is 0 Å². The molecule has 0 unspecified atom stereocenters. The van der Waals surface area contributed by atoms with Crippen LogP contribution in [-0.4, -0.2) is 37.3 Å². The number of rotatable bonds is 4. The molecule has 26 heavy (non-hydrogen) atoms. The number of nitrogens with one attached hydrogen (secondary N) is 3. The Labute approximate surface area is 160 Å². The van der Waals surface area contributed by atoms with Gasteiger partial charge in [-0.1, -0.05) is 24.3 Å². The lowest BCUT2D eigenvalue weighted by molar-refractivity contribution is 0.724. The van der Waals surface area contributed by atoms with Crippen molar-refractivity contribution in [3.05, 3.63) is 47.7 Å². The number of nitrogens with zero attached hydrogens (tertiary/aromatic N) is 3. The zero-order chi connectivity index (χ0) is 17.4. The maximum absolute atomic E-state index is 4.75. The Morgan fingerprint density at radius 2 is 1.77 bits per heavy atom. The Hall–Kier alpha value is -2.60. The number of halogens is 1. The first-order chi connectivity index (χ1) is 12.3. The molecular formula is C19H25ClN6. The van der Waals surface area contributed by atoms with E-state index in [1.165, 1.54) is 11.1 Å². The molecule has 0 amide bonds. The van der Waals surface area contributed by atoms with Gasteiger partial charge in [0, 0.05) is 40.4 Å². The predicted molar refractivity (Wildman–Crippen MR) is 113 cm³/mol. The zero-order valence-electron chi connectivity index (χ0n) is 15.3. The molecular weight excluding hydrogens is 348 g/mol. The molecule has 0 saturated heterocycles. The molecule has 0 spiro atoms. The van der Waals surface area contributed by atoms with Crippen LogP contribution in [0.1, 0.15) is 11.1 Å². The summed E-state index contributed by atoms with van der Waals surface area (Å²) in [7, 11) is 5.82. The molecule has 0 radical (unpaired) electrons. The first-order valence-electron chi connectivity index (χ1n) is 8.67. The molecule has 0 saturated carbocycles. The molecule has 1 aliphatic rings. The van der Waals surface area contributed by atoms with Crippen molar-refractivity contribution in [1.29, 1.82) is 0 Å². The van der Waals surface area contributed by atoms with Crippen molar-refractivity contribution in [3.63, 3.8) is 0 Å². The van der Waals surface area contributed by atoms with E-state index in [0.717, 1.165) is 47.7 Å². The Kier molecular flexibility index (Phi) is 5.13. The average Bonchev–Trinajstić information content (AvgIpc) is 3.00. The highest BCUT2D eigenvalue weighted by Gasteiger charge is 2.24. The van der Waals surface area contributed by atoms with Gasteiger partial charge in [0.15, 0.2) is 0 Å². The Bertz CT molecular complexity index is 920. The fraction of sp³-hybridized carbons (Fsp3) is 0.316. The van der Waals surface area contributed by atoms with E-state index in [4.69, 9.17) is 4.98 Å². The zero-order valence-corrected chi connectivity index (χ0v) is 16.2. The van der Waals surface area contributed by atoms with Crippen molar-refractivity contribution in [2.45, 2.75) is 13.0 Å². The molecule has 3 heterocycles. The number of anilines is 3. The second-order valence-electron chi connectivity index (χ2n) is 6.25. The van der Waals surface area contributed by atoms with E-state index in [1.54, 1.807) is 0 Å². The van der Waals surface area contributed by atoms with Gasteiger partial charge in [0.1, 0.15) is 11.6 Å². The van der Waals surface area contributed by atoms with Crippen molar-refractivity contribution < 1.29 is 0 Å². The van der Waals surface area contributed by atoms with E-state index in [9.17, 15) is 0 Å². The minimum absolute atomic E-state index is 0. The number of hydrogen-bond donors (Lipinski definition) is 3. The summed E-state index contributed by atoms with van der Waals surface area (Å²) in [5, 5.41) is 7.79. The van der Waals surface area contributed by atoms with Gasteiger partial charge in [0.2, 0.25) is 0 Å². The van der Waals surface area contributed by atoms with Gasteiger partial charge in [-0.3, -0.25) is 0 Å². The molecule has 1 aliphatic heterocycles. The maximum atomic E-state index is 4.75. The maximum Gasteiger partial charge on any atom is 0.149 e. The van der Waals surface area contributed by atoms with Crippen molar-refractivity contribution in [2.24, 2.45) is 0 Å². The van der Waals surface area contributed by atoms with Gasteiger partial charge in [-0.2, -0.15) is 0 Å². The highest BCUT2D eigenvalue weighted by atomic mass is 35.5. The summed E-state index contributed by atoms with van der Waals surface area (Å²) in [5.74, 6) is 2.04. The smallest absolute Gasteiger partial charge is 0.149 e. The molecule has 3 N–H and O–H groups in total. The van der Waals surface area contributed by atoms with E-state index in [0.29, 0.717) is 0 Å². The first-order valence-corrected chi connectivity index (χ1v) is 8.67. The summed E-state index contributed by atoms with van der Waals surface area (Å²) in [6, 6.07) is 10.7. The summed E-state index contributed by atoms with van der Waals surface area (Å²) in [6.45, 7) is 1.87. The number of hydrogen-bond acceptors (Lipinski definition) is 5. The largest absolute Gasteiger partial charge is 0.384 e. The second-order valence-corrected chi connectivity index (χ2v) is 6.25. The lowest BCUT2D eigenvalue weighted by atomic mass is 10.00. The lowest BCUT2D eigenvalue weighted by Gasteiger charge is -2.30. The van der Waals surface area contributed by atoms with Crippen molar-refractivity contribution >= 4 is 40.6 Å². The van der Waals surface area contributed by atoms with Gasteiger partial charge in [-0.15, -0.1) is 12.4 Å². The summed E-state index contributed by atoms with van der Waals surface area (Å²) >= 11 is 0. The third-order valence-corrected chi connectivity index (χ3v) is 5.00. The number of fused-ring (bicyclic) bond motifs is 2. The van der Waals surface area contributed by atoms with Gasteiger partial charge in [-0.25, -0.2) is 9.66 Å². The summed E-state index contributed by atoms with van der Waals surface area (Å²) in [5.41, 5.74) is 8.27. The minimum Gasteiger partial charge on any atom is -0.384 e. The monoisotopic (exact) mass is 372 g/mol. The van der Waals surface area contributed by atoms with Crippen LogP contribution in [0.25, 0.3) is 10.9 Å². The van der Waals surface area contributed by atoms with Crippen LogP contribution >= 0.6 is 12.4 Å². The van der Waals surface area contributed by atoms with Gasteiger partial charge >= 0.3 is 0 Å². The molecule has 138 valence electrons. The van der Waals surface area contributed by atoms with E-state index in [2.05, 4.69) is 56.0 Å². The number of benzene rings is 1. The molecule has 0 atom stereocenters. The van der Waals surface area contributed by atoms with Gasteiger partial charge in [0.05, 0.1) is 16.6 Å². The highest BCUT2D eigenvalue weighted by molar-refractivity contribution is 6.07. The first kappa shape index (κ1) is 18.2. The van der Waals surface area contributed by atoms with Crippen LogP contribution < -0.4 is 21.0 Å². The van der Waals surface area contributed by atoms with Crippen LogP contribution in [0, 0.1) is 0 Å². The fourth-order valence-electron chi connectivity index (χ4n) is 3.85. The molecule has 4 rings (SSSR count). The molecule has 6 nitrogen and oxygen atoms in total. The quantitative estimate of drug-likeness (QED) is 0.656. The Morgan fingerprint density at radius 3 is 2.46 bits per heavy atom. The van der Waals surface area contributed by atoms with Crippen molar-refractivity contribution in [1.82, 2.24) is 9.66 Å². The fourth-order valence-corrected chi connectivity index (χ4v) is 3.85. The summed E-state index contributed by atoms with van der Waals surface area (Å²) in [4.78, 5) is 7.13. The molecule has 0 fully saturated rings. The molecule has 3 aromatic rings. The third kappa shape index (κ3) is 2.70. The lowest BCUT2D eigenvalue weighted by Crippen LogP contribution is -2.31. The van der Waals surface area contributed by atoms with Crippen LogP contribution in [0.4, 0.5) is 17.3 Å². The Morgan fingerprint density at radius 1 is 1.00 bits per heavy atom. The van der Waals surface area contributed by atoms with Crippen LogP contribution in [0.5, 0.6) is 0 Å². The van der Waals surface area contributed by atoms with E-state index in [-0.39, 0.29) is 12.4 Å². The van der Waals surface area contributed by atoms with Crippen LogP contribution in [0.15, 0.2) is 36.5 Å². The third-order valence-electron chi connectivity index (χ3n) is 5.00. The molecule has 1 aromatic carbocycles. The average molecular weight is 373 g/mol. The molecule has 2 aromatic heterocycles. The Balaban J connectivity index is 0.00000196. The molecule has 7 heteroatoms. The number of pyridine rings is 1. The standard InChI is InChI=1S/C19H24N6.ClH/c1-20-17-16-15(25(22-3)19(17)21-2)8-10-23-18(16)24-11-9-13-6-4-5-7-14(13)12-24;/h4-8,10,20-22H,9,11-12H2,1-3H3;1H. The second kappa shape index (κ2) is 7.33. The van der Waals surface area contributed by atoms with Crippen molar-refractivity contribution in [3.8, 4) is 0 Å². The summed E-state index contributed by atoms with van der Waals surface area (Å²) < 4.78 is 2.06. The molecule has 0 bridgehead atoms. The van der Waals surface area contributed by atoms with E-state index < -0.39 is 0 Å². The van der Waals surface area contributed by atoms with Crippen LogP contribution in [0.3, 0.4) is 0 Å². The predicted octanol–water partition coefficient (Wildman–Crippen LogP) is 3.28. The van der Waals surface area contributed by atoms with E-state index in [1.807, 2.05) is 27.3 Å². The number of aromatic nitrogens is 2. The van der Waals surface area contributed by atoms with Gasteiger partial charge < -0.3 is 21.0 Å². The SMILES string of the molecule is CNc1c(NC)n(NC)c2ccnc(N3CCc4ccccc4C3)c12.Cl. The summed E-state index contributed by atoms with van der Waals surface area (Å²) in [6.07, 6.45) is 2.94. The topological polar surface area (TPSA) is 57.1 Å². The normalized spacial score (nSPS) is 13.1.